The number of carbonyl (C=O) groups is 1. The van der Waals surface area contributed by atoms with Crippen LogP contribution >= 0.6 is 11.8 Å². The smallest absolute Gasteiger partial charge is 0.264 e. The Labute approximate surface area is 139 Å². The minimum Gasteiger partial charge on any atom is -0.506 e. The first-order chi connectivity index (χ1) is 11.0. The van der Waals surface area contributed by atoms with Crippen LogP contribution in [0.1, 0.15) is 16.7 Å². The van der Waals surface area contributed by atoms with Crippen molar-refractivity contribution in [2.45, 2.75) is 13.8 Å². The van der Waals surface area contributed by atoms with Gasteiger partial charge >= 0.3 is 0 Å². The average molecular weight is 324 g/mol. The lowest BCUT2D eigenvalue weighted by atomic mass is 10.1. The van der Waals surface area contributed by atoms with Gasteiger partial charge in [0.05, 0.1) is 4.91 Å². The van der Waals surface area contributed by atoms with Crippen LogP contribution in [-0.2, 0) is 4.79 Å². The van der Waals surface area contributed by atoms with Crippen molar-refractivity contribution in [1.82, 2.24) is 5.32 Å². The standard InChI is InChI=1S/C18H16N2O2S/c1-11-5-3-7-13(9-11)10-15-17(22)20-18(23-15)19-16-12(2)6-4-8-14(16)21/h3-10,21H,1-2H3,(H,19,20,22)/b15-10-. The number of nitrogens with zero attached hydrogens (tertiary/aromatic N) is 1. The number of rotatable bonds is 2. The van der Waals surface area contributed by atoms with Crippen molar-refractivity contribution in [3.05, 3.63) is 64.1 Å². The summed E-state index contributed by atoms with van der Waals surface area (Å²) in [6, 6.07) is 13.1. The summed E-state index contributed by atoms with van der Waals surface area (Å²) in [7, 11) is 0. The minimum absolute atomic E-state index is 0.100. The summed E-state index contributed by atoms with van der Waals surface area (Å²) in [5, 5.41) is 13.1. The predicted molar refractivity (Wildman–Crippen MR) is 94.8 cm³/mol. The molecule has 3 rings (SSSR count). The monoisotopic (exact) mass is 324 g/mol. The Morgan fingerprint density at radius 1 is 1.17 bits per heavy atom. The zero-order chi connectivity index (χ0) is 16.4. The minimum atomic E-state index is -0.177. The number of hydrogen-bond acceptors (Lipinski definition) is 4. The number of carbonyl (C=O) groups excluding carboxylic acids is 1. The third-order valence-electron chi connectivity index (χ3n) is 3.42. The van der Waals surface area contributed by atoms with Crippen molar-refractivity contribution in [3.63, 3.8) is 0 Å². The van der Waals surface area contributed by atoms with Crippen molar-refractivity contribution < 1.29 is 9.90 Å². The van der Waals surface area contributed by atoms with E-state index in [0.717, 1.165) is 16.7 Å². The average Bonchev–Trinajstić information content (AvgIpc) is 2.83. The van der Waals surface area contributed by atoms with Gasteiger partial charge < -0.3 is 10.4 Å². The van der Waals surface area contributed by atoms with Crippen LogP contribution in [0, 0.1) is 13.8 Å². The molecule has 0 saturated carbocycles. The van der Waals surface area contributed by atoms with Crippen LogP contribution in [0.3, 0.4) is 0 Å². The molecule has 2 aromatic rings. The Morgan fingerprint density at radius 3 is 2.70 bits per heavy atom. The summed E-state index contributed by atoms with van der Waals surface area (Å²) >= 11 is 1.27. The van der Waals surface area contributed by atoms with E-state index in [-0.39, 0.29) is 11.7 Å². The second-order valence-corrected chi connectivity index (χ2v) is 6.37. The van der Waals surface area contributed by atoms with Gasteiger partial charge in [-0.3, -0.25) is 4.79 Å². The maximum Gasteiger partial charge on any atom is 0.264 e. The van der Waals surface area contributed by atoms with Crippen molar-refractivity contribution in [2.24, 2.45) is 4.99 Å². The summed E-state index contributed by atoms with van der Waals surface area (Å²) in [6.45, 7) is 3.88. The topological polar surface area (TPSA) is 61.7 Å². The molecule has 0 radical (unpaired) electrons. The van der Waals surface area contributed by atoms with Crippen LogP contribution in [0.25, 0.3) is 6.08 Å². The van der Waals surface area contributed by atoms with Gasteiger partial charge in [0.1, 0.15) is 11.4 Å². The Morgan fingerprint density at radius 2 is 1.96 bits per heavy atom. The molecule has 0 unspecified atom stereocenters. The fourth-order valence-electron chi connectivity index (χ4n) is 2.28. The molecule has 1 fully saturated rings. The highest BCUT2D eigenvalue weighted by molar-refractivity contribution is 8.18. The molecule has 0 spiro atoms. The van der Waals surface area contributed by atoms with Gasteiger partial charge in [0.25, 0.3) is 5.91 Å². The number of para-hydroxylation sites is 1. The molecule has 5 heteroatoms. The summed E-state index contributed by atoms with van der Waals surface area (Å²) in [5.41, 5.74) is 3.44. The molecule has 23 heavy (non-hydrogen) atoms. The molecule has 1 aliphatic heterocycles. The number of amides is 1. The molecular weight excluding hydrogens is 308 g/mol. The number of aromatic hydroxyl groups is 1. The quantitative estimate of drug-likeness (QED) is 0.824. The second-order valence-electron chi connectivity index (χ2n) is 5.34. The Balaban J connectivity index is 1.89. The molecule has 0 aromatic heterocycles. The number of phenolic OH excluding ortho intramolecular Hbond substituents is 1. The van der Waals surface area contributed by atoms with Crippen LogP contribution in [0.2, 0.25) is 0 Å². The lowest BCUT2D eigenvalue weighted by Gasteiger charge is -2.03. The van der Waals surface area contributed by atoms with E-state index >= 15 is 0 Å². The predicted octanol–water partition coefficient (Wildman–Crippen LogP) is 3.90. The zero-order valence-corrected chi connectivity index (χ0v) is 13.6. The van der Waals surface area contributed by atoms with Gasteiger partial charge in [-0.05, 0) is 48.9 Å². The van der Waals surface area contributed by atoms with Gasteiger partial charge in [0.2, 0.25) is 0 Å². The molecule has 0 aliphatic carbocycles. The molecule has 1 aliphatic rings. The number of nitrogens with one attached hydrogen (secondary N) is 1. The van der Waals surface area contributed by atoms with Crippen molar-refractivity contribution in [1.29, 1.82) is 0 Å². The van der Waals surface area contributed by atoms with Gasteiger partial charge in [-0.25, -0.2) is 4.99 Å². The van der Waals surface area contributed by atoms with Gasteiger partial charge in [-0.1, -0.05) is 42.0 Å². The summed E-state index contributed by atoms with van der Waals surface area (Å²) in [5.74, 6) is -0.0770. The molecule has 116 valence electrons. The SMILES string of the molecule is Cc1cccc(/C=C2\SC(=Nc3c(C)cccc3O)NC2=O)c1. The Kier molecular flexibility index (Phi) is 4.21. The normalized spacial score (nSPS) is 17.7. The lowest BCUT2D eigenvalue weighted by Crippen LogP contribution is -2.19. The van der Waals surface area contributed by atoms with E-state index in [9.17, 15) is 9.90 Å². The van der Waals surface area contributed by atoms with Crippen molar-refractivity contribution >= 4 is 34.6 Å². The zero-order valence-electron chi connectivity index (χ0n) is 12.8. The van der Waals surface area contributed by atoms with Gasteiger partial charge in [0.15, 0.2) is 5.17 Å². The third-order valence-corrected chi connectivity index (χ3v) is 4.33. The molecule has 2 aromatic carbocycles. The van der Waals surface area contributed by atoms with E-state index < -0.39 is 0 Å². The van der Waals surface area contributed by atoms with Crippen LogP contribution in [0.15, 0.2) is 52.4 Å². The van der Waals surface area contributed by atoms with Gasteiger partial charge in [0, 0.05) is 0 Å². The number of phenols is 1. The van der Waals surface area contributed by atoms with Gasteiger partial charge in [-0.15, -0.1) is 0 Å². The maximum absolute atomic E-state index is 12.1. The van der Waals surface area contributed by atoms with E-state index in [1.807, 2.05) is 50.3 Å². The number of aliphatic imine (C=N–C) groups is 1. The number of amidine groups is 1. The van der Waals surface area contributed by atoms with Crippen LogP contribution in [0.5, 0.6) is 5.75 Å². The Hall–Kier alpha value is -2.53. The summed E-state index contributed by atoms with van der Waals surface area (Å²) in [6.07, 6.45) is 1.84. The van der Waals surface area contributed by atoms with E-state index in [1.54, 1.807) is 12.1 Å². The van der Waals surface area contributed by atoms with Crippen molar-refractivity contribution in [3.8, 4) is 5.75 Å². The molecule has 0 bridgehead atoms. The van der Waals surface area contributed by atoms with Crippen molar-refractivity contribution in [2.75, 3.05) is 0 Å². The highest BCUT2D eigenvalue weighted by Gasteiger charge is 2.24. The van der Waals surface area contributed by atoms with Crippen LogP contribution < -0.4 is 5.32 Å². The van der Waals surface area contributed by atoms with Crippen LogP contribution in [0.4, 0.5) is 5.69 Å². The fourth-order valence-corrected chi connectivity index (χ4v) is 3.11. The molecule has 1 amide bonds. The van der Waals surface area contributed by atoms with E-state index in [2.05, 4.69) is 10.3 Å². The van der Waals surface area contributed by atoms with E-state index in [1.165, 1.54) is 11.8 Å². The van der Waals surface area contributed by atoms with E-state index in [4.69, 9.17) is 0 Å². The fraction of sp³-hybridized carbons (Fsp3) is 0.111. The first-order valence-corrected chi connectivity index (χ1v) is 7.99. The molecule has 1 saturated heterocycles. The highest BCUT2D eigenvalue weighted by atomic mass is 32.2. The second kappa shape index (κ2) is 6.30. The van der Waals surface area contributed by atoms with Gasteiger partial charge in [-0.2, -0.15) is 0 Å². The Bertz CT molecular complexity index is 820. The first kappa shape index (κ1) is 15.4. The largest absolute Gasteiger partial charge is 0.506 e. The molecule has 2 N–H and O–H groups in total. The van der Waals surface area contributed by atoms with Crippen LogP contribution in [-0.4, -0.2) is 16.2 Å². The highest BCUT2D eigenvalue weighted by Crippen LogP contribution is 2.33. The summed E-state index contributed by atoms with van der Waals surface area (Å²) < 4.78 is 0. The third kappa shape index (κ3) is 3.46. The molecule has 1 heterocycles. The maximum atomic E-state index is 12.1. The number of benzene rings is 2. The summed E-state index contributed by atoms with van der Waals surface area (Å²) in [4.78, 5) is 17.0. The van der Waals surface area contributed by atoms with E-state index in [0.29, 0.717) is 15.8 Å². The molecule has 4 nitrogen and oxygen atoms in total. The molecular formula is C18H16N2O2S. The number of aryl methyl sites for hydroxylation is 2. The number of thioether (sulfide) groups is 1. The molecule has 0 atom stereocenters. The lowest BCUT2D eigenvalue weighted by molar-refractivity contribution is -0.115. The number of hydrogen-bond donors (Lipinski definition) is 2. The first-order valence-electron chi connectivity index (χ1n) is 7.18.